The molecule has 3 heteroatoms. The van der Waals surface area contributed by atoms with Gasteiger partial charge in [-0.05, 0) is 48.7 Å². The minimum Gasteiger partial charge on any atom is -0.497 e. The Kier molecular flexibility index (Phi) is 3.65. The van der Waals surface area contributed by atoms with Gasteiger partial charge in [-0.25, -0.2) is 0 Å². The Hall–Kier alpha value is -2.29. The first-order valence-corrected chi connectivity index (χ1v) is 7.21. The Morgan fingerprint density at radius 2 is 1.76 bits per heavy atom. The van der Waals surface area contributed by atoms with Crippen LogP contribution in [-0.2, 0) is 13.0 Å². The average molecular weight is 281 g/mol. The van der Waals surface area contributed by atoms with Crippen molar-refractivity contribution in [3.05, 3.63) is 65.2 Å². The molecule has 0 bridgehead atoms. The molecule has 0 saturated carbocycles. The molecular weight excluding hydrogens is 262 g/mol. The quantitative estimate of drug-likeness (QED) is 0.845. The lowest BCUT2D eigenvalue weighted by Crippen LogP contribution is -2.42. The Morgan fingerprint density at radius 3 is 2.43 bits per heavy atom. The normalized spacial score (nSPS) is 17.2. The third-order valence-electron chi connectivity index (χ3n) is 4.10. The number of methoxy groups -OCH3 is 1. The predicted molar refractivity (Wildman–Crippen MR) is 82.5 cm³/mol. The molecule has 1 unspecified atom stereocenters. The molecule has 0 spiro atoms. The van der Waals surface area contributed by atoms with Crippen molar-refractivity contribution >= 4 is 5.91 Å². The summed E-state index contributed by atoms with van der Waals surface area (Å²) >= 11 is 0. The molecule has 3 rings (SSSR count). The van der Waals surface area contributed by atoms with Crippen molar-refractivity contribution in [1.82, 2.24) is 4.90 Å². The molecule has 0 aliphatic carbocycles. The van der Waals surface area contributed by atoms with Crippen LogP contribution in [-0.4, -0.2) is 24.0 Å². The number of rotatable bonds is 2. The van der Waals surface area contributed by atoms with Gasteiger partial charge in [-0.2, -0.15) is 0 Å². The zero-order valence-electron chi connectivity index (χ0n) is 12.4. The smallest absolute Gasteiger partial charge is 0.254 e. The third-order valence-corrected chi connectivity index (χ3v) is 4.10. The molecular formula is C18H19NO2. The molecule has 0 N–H and O–H groups in total. The topological polar surface area (TPSA) is 29.5 Å². The summed E-state index contributed by atoms with van der Waals surface area (Å²) in [6.07, 6.45) is 0.915. The number of hydrogen-bond donors (Lipinski definition) is 0. The van der Waals surface area contributed by atoms with E-state index in [0.717, 1.165) is 12.2 Å². The van der Waals surface area contributed by atoms with E-state index in [9.17, 15) is 4.79 Å². The van der Waals surface area contributed by atoms with Crippen LogP contribution in [0.15, 0.2) is 48.5 Å². The molecule has 0 saturated heterocycles. The minimum absolute atomic E-state index is 0.0830. The Balaban J connectivity index is 1.84. The number of carbonyl (C=O) groups excluding carboxylic acids is 1. The Labute approximate surface area is 125 Å². The number of ether oxygens (including phenoxy) is 1. The molecule has 0 fully saturated rings. The number of amides is 1. The van der Waals surface area contributed by atoms with E-state index in [1.807, 2.05) is 35.2 Å². The molecule has 108 valence electrons. The maximum Gasteiger partial charge on any atom is 0.254 e. The summed E-state index contributed by atoms with van der Waals surface area (Å²) in [5, 5.41) is 0. The highest BCUT2D eigenvalue weighted by atomic mass is 16.5. The average Bonchev–Trinajstić information content (AvgIpc) is 2.53. The summed E-state index contributed by atoms with van der Waals surface area (Å²) in [7, 11) is 1.63. The van der Waals surface area contributed by atoms with Crippen LogP contribution in [0.4, 0.5) is 0 Å². The molecule has 1 amide bonds. The zero-order chi connectivity index (χ0) is 14.8. The van der Waals surface area contributed by atoms with Crippen molar-refractivity contribution in [1.29, 1.82) is 0 Å². The summed E-state index contributed by atoms with van der Waals surface area (Å²) < 4.78 is 5.14. The minimum atomic E-state index is 0.0830. The van der Waals surface area contributed by atoms with Gasteiger partial charge in [0.25, 0.3) is 5.91 Å². The first-order chi connectivity index (χ1) is 10.2. The largest absolute Gasteiger partial charge is 0.497 e. The lowest BCUT2D eigenvalue weighted by Gasteiger charge is -2.35. The van der Waals surface area contributed by atoms with Gasteiger partial charge in [0.2, 0.25) is 0 Å². The van der Waals surface area contributed by atoms with E-state index in [4.69, 9.17) is 4.74 Å². The maximum absolute atomic E-state index is 12.7. The van der Waals surface area contributed by atoms with E-state index in [0.29, 0.717) is 12.1 Å². The monoisotopic (exact) mass is 281 g/mol. The van der Waals surface area contributed by atoms with Gasteiger partial charge in [0.15, 0.2) is 0 Å². The van der Waals surface area contributed by atoms with Gasteiger partial charge >= 0.3 is 0 Å². The van der Waals surface area contributed by atoms with Gasteiger partial charge in [-0.15, -0.1) is 0 Å². The van der Waals surface area contributed by atoms with Gasteiger partial charge in [0.05, 0.1) is 7.11 Å². The first kappa shape index (κ1) is 13.7. The van der Waals surface area contributed by atoms with Gasteiger partial charge < -0.3 is 9.64 Å². The van der Waals surface area contributed by atoms with E-state index in [1.165, 1.54) is 11.1 Å². The van der Waals surface area contributed by atoms with Gasteiger partial charge in [0, 0.05) is 18.2 Å². The second-order valence-corrected chi connectivity index (χ2v) is 5.48. The molecule has 1 atom stereocenters. The number of benzene rings is 2. The fourth-order valence-corrected chi connectivity index (χ4v) is 2.85. The molecule has 1 heterocycles. The predicted octanol–water partition coefficient (Wildman–Crippen LogP) is 3.28. The standard InChI is InChI=1S/C18H19NO2/c1-13-11-15-5-3-4-6-16(15)12-19(13)18(20)14-7-9-17(21-2)10-8-14/h3-10,13H,11-12H2,1-2H3. The van der Waals surface area contributed by atoms with Crippen LogP contribution < -0.4 is 4.74 Å². The molecule has 1 aliphatic rings. The lowest BCUT2D eigenvalue weighted by molar-refractivity contribution is 0.0658. The Bertz CT molecular complexity index is 649. The van der Waals surface area contributed by atoms with Crippen molar-refractivity contribution in [2.24, 2.45) is 0 Å². The number of hydrogen-bond acceptors (Lipinski definition) is 2. The second kappa shape index (κ2) is 5.60. The third kappa shape index (κ3) is 2.64. The van der Waals surface area contributed by atoms with Gasteiger partial charge in [-0.1, -0.05) is 24.3 Å². The first-order valence-electron chi connectivity index (χ1n) is 7.21. The van der Waals surface area contributed by atoms with Crippen molar-refractivity contribution < 1.29 is 9.53 Å². The molecule has 2 aromatic carbocycles. The second-order valence-electron chi connectivity index (χ2n) is 5.48. The van der Waals surface area contributed by atoms with E-state index in [2.05, 4.69) is 25.1 Å². The zero-order valence-corrected chi connectivity index (χ0v) is 12.4. The van der Waals surface area contributed by atoms with Gasteiger partial charge in [-0.3, -0.25) is 4.79 Å². The fourth-order valence-electron chi connectivity index (χ4n) is 2.85. The number of fused-ring (bicyclic) bond motifs is 1. The highest BCUT2D eigenvalue weighted by molar-refractivity contribution is 5.94. The van der Waals surface area contributed by atoms with Crippen LogP contribution in [0, 0.1) is 0 Å². The van der Waals surface area contributed by atoms with E-state index in [-0.39, 0.29) is 11.9 Å². The molecule has 1 aliphatic heterocycles. The summed E-state index contributed by atoms with van der Waals surface area (Å²) in [6.45, 7) is 2.79. The Morgan fingerprint density at radius 1 is 1.10 bits per heavy atom. The van der Waals surface area contributed by atoms with E-state index < -0.39 is 0 Å². The highest BCUT2D eigenvalue weighted by Crippen LogP contribution is 2.25. The fraction of sp³-hybridized carbons (Fsp3) is 0.278. The van der Waals surface area contributed by atoms with Crippen molar-refractivity contribution in [2.45, 2.75) is 25.9 Å². The SMILES string of the molecule is COc1ccc(C(=O)N2Cc3ccccc3CC2C)cc1. The van der Waals surface area contributed by atoms with Crippen molar-refractivity contribution in [3.8, 4) is 5.75 Å². The lowest BCUT2D eigenvalue weighted by atomic mass is 9.94. The van der Waals surface area contributed by atoms with Crippen molar-refractivity contribution in [3.63, 3.8) is 0 Å². The summed E-state index contributed by atoms with van der Waals surface area (Å²) in [6, 6.07) is 15.9. The molecule has 21 heavy (non-hydrogen) atoms. The number of carbonyl (C=O) groups is 1. The molecule has 0 radical (unpaired) electrons. The van der Waals surface area contributed by atoms with Crippen LogP contribution in [0.5, 0.6) is 5.75 Å². The van der Waals surface area contributed by atoms with E-state index in [1.54, 1.807) is 7.11 Å². The maximum atomic E-state index is 12.7. The van der Waals surface area contributed by atoms with Crippen LogP contribution >= 0.6 is 0 Å². The van der Waals surface area contributed by atoms with Crippen LogP contribution in [0.3, 0.4) is 0 Å². The molecule has 3 nitrogen and oxygen atoms in total. The summed E-state index contributed by atoms with van der Waals surface area (Å²) in [5.41, 5.74) is 3.31. The van der Waals surface area contributed by atoms with Crippen LogP contribution in [0.25, 0.3) is 0 Å². The van der Waals surface area contributed by atoms with Gasteiger partial charge in [0.1, 0.15) is 5.75 Å². The van der Waals surface area contributed by atoms with Crippen molar-refractivity contribution in [2.75, 3.05) is 7.11 Å². The summed E-state index contributed by atoms with van der Waals surface area (Å²) in [5.74, 6) is 0.850. The highest BCUT2D eigenvalue weighted by Gasteiger charge is 2.27. The van der Waals surface area contributed by atoms with E-state index >= 15 is 0 Å². The summed E-state index contributed by atoms with van der Waals surface area (Å²) in [4.78, 5) is 14.7. The van der Waals surface area contributed by atoms with Crippen LogP contribution in [0.2, 0.25) is 0 Å². The number of nitrogens with zero attached hydrogens (tertiary/aromatic N) is 1. The molecule has 2 aromatic rings. The van der Waals surface area contributed by atoms with Crippen LogP contribution in [0.1, 0.15) is 28.4 Å². The molecule has 0 aromatic heterocycles.